The molecule has 10 heteroatoms. The van der Waals surface area contributed by atoms with Crippen LogP contribution in [0, 0.1) is 0 Å². The summed E-state index contributed by atoms with van der Waals surface area (Å²) in [5.41, 5.74) is -0.355. The van der Waals surface area contributed by atoms with Crippen LogP contribution in [0.25, 0.3) is 0 Å². The normalized spacial score (nSPS) is 22.9. The van der Waals surface area contributed by atoms with E-state index in [2.05, 4.69) is 38.9 Å². The van der Waals surface area contributed by atoms with Crippen LogP contribution in [0.2, 0.25) is 0 Å². The molecule has 1 aromatic rings. The molecule has 0 bridgehead atoms. The molecule has 0 spiro atoms. The van der Waals surface area contributed by atoms with E-state index in [0.717, 1.165) is 26.3 Å². The highest BCUT2D eigenvalue weighted by Crippen LogP contribution is 2.25. The van der Waals surface area contributed by atoms with Gasteiger partial charge in [-0.1, -0.05) is 0 Å². The number of amides is 1. The van der Waals surface area contributed by atoms with E-state index >= 15 is 0 Å². The Bertz CT molecular complexity index is 783. The second-order valence-corrected chi connectivity index (χ2v) is 9.37. The van der Waals surface area contributed by atoms with E-state index in [1.165, 1.54) is 0 Å². The molecule has 2 unspecified atom stereocenters. The molecule has 0 aromatic carbocycles. The van der Waals surface area contributed by atoms with Gasteiger partial charge in [0, 0.05) is 37.3 Å². The fraction of sp³-hybridized carbons (Fsp3) is 0.682. The highest BCUT2D eigenvalue weighted by atomic mass is 19.1. The van der Waals surface area contributed by atoms with Crippen molar-refractivity contribution in [3.05, 3.63) is 24.3 Å². The zero-order chi connectivity index (χ0) is 23.3. The van der Waals surface area contributed by atoms with Gasteiger partial charge in [-0.05, 0) is 34.6 Å². The highest BCUT2D eigenvalue weighted by Gasteiger charge is 2.38. The molecule has 9 nitrogen and oxygen atoms in total. The van der Waals surface area contributed by atoms with Crippen LogP contribution in [0.5, 0.6) is 5.75 Å². The van der Waals surface area contributed by atoms with Crippen molar-refractivity contribution in [1.82, 2.24) is 20.2 Å². The number of aromatic nitrogens is 2. The van der Waals surface area contributed by atoms with Crippen LogP contribution in [0.1, 0.15) is 34.6 Å². The van der Waals surface area contributed by atoms with Crippen molar-refractivity contribution in [2.75, 3.05) is 44.4 Å². The standard InChI is InChI=1S/C22H34FN5O4/c1-15-10-27(11-16(2)28(15)18-13-30-14-18)20-24-8-19(9-25-20)31-12-17(6-23)7-26-21(29)32-22(3,4)5/h6,8-9,15-16,18H,7,10-14H2,1-5H3,(H,26,29)/b17-6+. The van der Waals surface area contributed by atoms with Crippen molar-refractivity contribution in [2.45, 2.75) is 58.3 Å². The maximum atomic E-state index is 13.2. The summed E-state index contributed by atoms with van der Waals surface area (Å²) in [6.45, 7) is 12.9. The summed E-state index contributed by atoms with van der Waals surface area (Å²) in [4.78, 5) is 25.3. The van der Waals surface area contributed by atoms with Crippen LogP contribution in [-0.2, 0) is 9.47 Å². The smallest absolute Gasteiger partial charge is 0.407 e. The summed E-state index contributed by atoms with van der Waals surface area (Å²) >= 11 is 0. The van der Waals surface area contributed by atoms with Crippen LogP contribution in [0.3, 0.4) is 0 Å². The molecule has 2 atom stereocenters. The van der Waals surface area contributed by atoms with Gasteiger partial charge < -0.3 is 24.4 Å². The van der Waals surface area contributed by atoms with Gasteiger partial charge in [0.1, 0.15) is 12.2 Å². The predicted molar refractivity (Wildman–Crippen MR) is 119 cm³/mol. The lowest BCUT2D eigenvalue weighted by Crippen LogP contribution is -2.64. The number of nitrogens with zero attached hydrogens (tertiary/aromatic N) is 4. The molecule has 1 amide bonds. The van der Waals surface area contributed by atoms with Gasteiger partial charge in [0.2, 0.25) is 5.95 Å². The largest absolute Gasteiger partial charge is 0.486 e. The number of anilines is 1. The first-order valence-electron chi connectivity index (χ1n) is 11.0. The number of piperazine rings is 1. The zero-order valence-corrected chi connectivity index (χ0v) is 19.5. The molecule has 2 aliphatic rings. The van der Waals surface area contributed by atoms with E-state index in [4.69, 9.17) is 14.2 Å². The predicted octanol–water partition coefficient (Wildman–Crippen LogP) is 2.53. The Morgan fingerprint density at radius 2 is 1.88 bits per heavy atom. The summed E-state index contributed by atoms with van der Waals surface area (Å²) in [5.74, 6) is 1.07. The molecule has 0 radical (unpaired) electrons. The topological polar surface area (TPSA) is 89.0 Å². The first-order chi connectivity index (χ1) is 15.2. The van der Waals surface area contributed by atoms with Crippen molar-refractivity contribution in [2.24, 2.45) is 0 Å². The molecule has 3 rings (SSSR count). The van der Waals surface area contributed by atoms with E-state index in [-0.39, 0.29) is 18.7 Å². The van der Waals surface area contributed by atoms with Gasteiger partial charge in [0.25, 0.3) is 0 Å². The maximum Gasteiger partial charge on any atom is 0.407 e. The summed E-state index contributed by atoms with van der Waals surface area (Å²) in [6.07, 6.45) is 2.97. The van der Waals surface area contributed by atoms with Crippen LogP contribution < -0.4 is 15.0 Å². The Labute approximate surface area is 188 Å². The SMILES string of the molecule is CC1CN(c2ncc(OC/C(=C/F)CNC(=O)OC(C)(C)C)cn2)CC(C)N1C1COC1. The second kappa shape index (κ2) is 10.4. The minimum Gasteiger partial charge on any atom is -0.486 e. The number of rotatable bonds is 7. The lowest BCUT2D eigenvalue weighted by molar-refractivity contribution is -0.0941. The van der Waals surface area contributed by atoms with Gasteiger partial charge in [-0.25, -0.2) is 19.2 Å². The number of hydrogen-bond donors (Lipinski definition) is 1. The van der Waals surface area contributed by atoms with Crippen LogP contribution in [0.15, 0.2) is 24.3 Å². The molecular formula is C22H34FN5O4. The molecule has 178 valence electrons. The second-order valence-electron chi connectivity index (χ2n) is 9.37. The average Bonchev–Trinajstić information content (AvgIpc) is 2.68. The fourth-order valence-electron chi connectivity index (χ4n) is 3.96. The lowest BCUT2D eigenvalue weighted by Gasteiger charge is -2.50. The quantitative estimate of drug-likeness (QED) is 0.677. The third-order valence-corrected chi connectivity index (χ3v) is 5.36. The number of ether oxygens (including phenoxy) is 3. The molecular weight excluding hydrogens is 417 g/mol. The number of nitrogens with one attached hydrogen (secondary N) is 1. The van der Waals surface area contributed by atoms with Gasteiger partial charge in [0.15, 0.2) is 5.75 Å². The Morgan fingerprint density at radius 1 is 1.25 bits per heavy atom. The van der Waals surface area contributed by atoms with Crippen LogP contribution >= 0.6 is 0 Å². The summed E-state index contributed by atoms with van der Waals surface area (Å²) in [7, 11) is 0. The van der Waals surface area contributed by atoms with Crippen molar-refractivity contribution < 1.29 is 23.4 Å². The molecule has 1 N–H and O–H groups in total. The molecule has 2 saturated heterocycles. The van der Waals surface area contributed by atoms with Crippen molar-refractivity contribution in [3.63, 3.8) is 0 Å². The van der Waals surface area contributed by atoms with E-state index in [1.807, 2.05) is 0 Å². The van der Waals surface area contributed by atoms with Crippen LogP contribution in [-0.4, -0.2) is 84.1 Å². The van der Waals surface area contributed by atoms with Gasteiger partial charge >= 0.3 is 6.09 Å². The molecule has 2 aliphatic heterocycles. The maximum absolute atomic E-state index is 13.2. The van der Waals surface area contributed by atoms with Crippen molar-refractivity contribution >= 4 is 12.0 Å². The lowest BCUT2D eigenvalue weighted by atomic mass is 10.0. The van der Waals surface area contributed by atoms with E-state index < -0.39 is 11.7 Å². The third-order valence-electron chi connectivity index (χ3n) is 5.36. The number of alkyl carbamates (subject to hydrolysis) is 1. The minimum atomic E-state index is -0.618. The number of hydrogen-bond acceptors (Lipinski definition) is 8. The monoisotopic (exact) mass is 451 g/mol. The number of halogens is 1. The fourth-order valence-corrected chi connectivity index (χ4v) is 3.96. The van der Waals surface area contributed by atoms with Crippen molar-refractivity contribution in [3.8, 4) is 5.75 Å². The Hall–Kier alpha value is -2.46. The molecule has 0 aliphatic carbocycles. The van der Waals surface area contributed by atoms with Gasteiger partial charge in [-0.2, -0.15) is 0 Å². The molecule has 2 fully saturated rings. The van der Waals surface area contributed by atoms with Gasteiger partial charge in [-0.3, -0.25) is 4.90 Å². The minimum absolute atomic E-state index is 0.0174. The first kappa shape index (κ1) is 24.2. The van der Waals surface area contributed by atoms with E-state index in [9.17, 15) is 9.18 Å². The summed E-state index contributed by atoms with van der Waals surface area (Å²) in [6, 6.07) is 1.25. The number of carbonyl (C=O) groups excluding carboxylic acids is 1. The first-order valence-corrected chi connectivity index (χ1v) is 11.0. The third kappa shape index (κ3) is 6.52. The van der Waals surface area contributed by atoms with E-state index in [0.29, 0.717) is 36.2 Å². The van der Waals surface area contributed by atoms with Crippen LogP contribution in [0.4, 0.5) is 15.1 Å². The summed E-state index contributed by atoms with van der Waals surface area (Å²) in [5, 5.41) is 2.51. The Morgan fingerprint density at radius 3 is 2.38 bits per heavy atom. The average molecular weight is 452 g/mol. The van der Waals surface area contributed by atoms with Crippen molar-refractivity contribution in [1.29, 1.82) is 0 Å². The van der Waals surface area contributed by atoms with Gasteiger partial charge in [0.05, 0.1) is 38.0 Å². The van der Waals surface area contributed by atoms with Gasteiger partial charge in [-0.15, -0.1) is 0 Å². The zero-order valence-electron chi connectivity index (χ0n) is 19.5. The molecule has 0 saturated carbocycles. The Kier molecular flexibility index (Phi) is 7.89. The Balaban J connectivity index is 1.47. The van der Waals surface area contributed by atoms with E-state index in [1.54, 1.807) is 33.2 Å². The molecule has 3 heterocycles. The molecule has 32 heavy (non-hydrogen) atoms. The number of carbonyl (C=O) groups is 1. The summed E-state index contributed by atoms with van der Waals surface area (Å²) < 4.78 is 29.2. The molecule has 1 aromatic heterocycles. The highest BCUT2D eigenvalue weighted by molar-refractivity contribution is 5.68.